The van der Waals surface area contributed by atoms with Crippen molar-refractivity contribution in [3.05, 3.63) is 83.3 Å². The molecule has 0 atom stereocenters. The lowest BCUT2D eigenvalue weighted by Crippen LogP contribution is -2.18. The van der Waals surface area contributed by atoms with Crippen molar-refractivity contribution in [1.82, 2.24) is 9.97 Å². The van der Waals surface area contributed by atoms with Crippen LogP contribution in [0.4, 0.5) is 0 Å². The highest BCUT2D eigenvalue weighted by Crippen LogP contribution is 2.59. The standard InChI is InChI=1S/C26H22N2/c1-25(2)19-10-9-18-23(26(3,4)20-6-5-12-28-24(18)20)21(19)17-8-7-15-14-27-13-11-16(15)22(17)25/h5-14H,1-4H3. The summed E-state index contributed by atoms with van der Waals surface area (Å²) in [6, 6.07) is 15.6. The van der Waals surface area contributed by atoms with Crippen molar-refractivity contribution < 1.29 is 0 Å². The molecule has 0 fully saturated rings. The van der Waals surface area contributed by atoms with E-state index in [1.807, 2.05) is 18.6 Å². The number of rotatable bonds is 0. The van der Waals surface area contributed by atoms with Crippen LogP contribution in [0.1, 0.15) is 49.9 Å². The molecular weight excluding hydrogens is 340 g/mol. The van der Waals surface area contributed by atoms with Crippen molar-refractivity contribution in [2.24, 2.45) is 0 Å². The fraction of sp³-hybridized carbons (Fsp3) is 0.231. The molecule has 2 heterocycles. The molecule has 0 spiro atoms. The van der Waals surface area contributed by atoms with E-state index in [2.05, 4.69) is 75.1 Å². The molecule has 2 aromatic heterocycles. The van der Waals surface area contributed by atoms with Crippen LogP contribution in [0, 0.1) is 0 Å². The van der Waals surface area contributed by atoms with Crippen molar-refractivity contribution in [2.75, 3.05) is 0 Å². The Kier molecular flexibility index (Phi) is 2.79. The van der Waals surface area contributed by atoms with E-state index in [1.54, 1.807) is 0 Å². The molecular formula is C26H22N2. The topological polar surface area (TPSA) is 25.8 Å². The summed E-state index contributed by atoms with van der Waals surface area (Å²) >= 11 is 0. The van der Waals surface area contributed by atoms with E-state index in [-0.39, 0.29) is 10.8 Å². The molecule has 2 aliphatic rings. The highest BCUT2D eigenvalue weighted by atomic mass is 14.7. The highest BCUT2D eigenvalue weighted by molar-refractivity contribution is 6.00. The van der Waals surface area contributed by atoms with Gasteiger partial charge in [-0.3, -0.25) is 9.97 Å². The molecule has 4 aromatic rings. The maximum Gasteiger partial charge on any atom is 0.0746 e. The Morgan fingerprint density at radius 1 is 0.714 bits per heavy atom. The Balaban J connectivity index is 1.78. The van der Waals surface area contributed by atoms with Crippen molar-refractivity contribution >= 4 is 10.8 Å². The average molecular weight is 362 g/mol. The van der Waals surface area contributed by atoms with Gasteiger partial charge in [0.1, 0.15) is 0 Å². The molecule has 136 valence electrons. The largest absolute Gasteiger partial charge is 0.264 e. The van der Waals surface area contributed by atoms with Gasteiger partial charge in [0.15, 0.2) is 0 Å². The third-order valence-electron chi connectivity index (χ3n) is 6.95. The predicted octanol–water partition coefficient (Wildman–Crippen LogP) is 6.24. The van der Waals surface area contributed by atoms with Gasteiger partial charge in [0.2, 0.25) is 0 Å². The molecule has 0 saturated heterocycles. The SMILES string of the molecule is CC1(C)c2cccnc2-c2ccc3c(c21)-c1ccc2cnccc2c1C3(C)C. The fourth-order valence-corrected chi connectivity index (χ4v) is 5.69. The molecule has 0 saturated carbocycles. The zero-order chi connectivity index (χ0) is 19.3. The second-order valence-corrected chi connectivity index (χ2v) is 9.15. The van der Waals surface area contributed by atoms with Crippen LogP contribution >= 0.6 is 0 Å². The van der Waals surface area contributed by atoms with Crippen molar-refractivity contribution in [2.45, 2.75) is 38.5 Å². The van der Waals surface area contributed by atoms with Crippen LogP contribution in [-0.2, 0) is 10.8 Å². The van der Waals surface area contributed by atoms with Crippen molar-refractivity contribution in [3.63, 3.8) is 0 Å². The lowest BCUT2D eigenvalue weighted by molar-refractivity contribution is 0.649. The van der Waals surface area contributed by atoms with Crippen molar-refractivity contribution in [1.29, 1.82) is 0 Å². The Labute approximate surface area is 165 Å². The average Bonchev–Trinajstić information content (AvgIpc) is 3.08. The van der Waals surface area contributed by atoms with Gasteiger partial charge in [0.05, 0.1) is 5.69 Å². The molecule has 0 unspecified atom stereocenters. The number of pyridine rings is 2. The molecule has 0 N–H and O–H groups in total. The summed E-state index contributed by atoms with van der Waals surface area (Å²) in [5, 5.41) is 2.52. The number of fused-ring (bicyclic) bond motifs is 9. The van der Waals surface area contributed by atoms with E-state index in [4.69, 9.17) is 4.98 Å². The van der Waals surface area contributed by atoms with Gasteiger partial charge in [-0.05, 0) is 50.9 Å². The summed E-state index contributed by atoms with van der Waals surface area (Å²) in [4.78, 5) is 9.09. The minimum Gasteiger partial charge on any atom is -0.264 e. The predicted molar refractivity (Wildman–Crippen MR) is 115 cm³/mol. The minimum absolute atomic E-state index is 0.0428. The molecule has 0 aliphatic heterocycles. The molecule has 2 aliphatic carbocycles. The molecule has 2 aromatic carbocycles. The first-order chi connectivity index (χ1) is 13.4. The van der Waals surface area contributed by atoms with Crippen LogP contribution in [0.15, 0.2) is 61.1 Å². The van der Waals surface area contributed by atoms with Gasteiger partial charge in [-0.2, -0.15) is 0 Å². The lowest BCUT2D eigenvalue weighted by atomic mass is 9.77. The van der Waals surface area contributed by atoms with Gasteiger partial charge >= 0.3 is 0 Å². The number of hydrogen-bond acceptors (Lipinski definition) is 2. The number of hydrogen-bond donors (Lipinski definition) is 0. The van der Waals surface area contributed by atoms with Gasteiger partial charge in [-0.1, -0.05) is 58.0 Å². The molecule has 6 rings (SSSR count). The zero-order valence-electron chi connectivity index (χ0n) is 16.7. The summed E-state index contributed by atoms with van der Waals surface area (Å²) < 4.78 is 0. The number of benzene rings is 2. The molecule has 2 nitrogen and oxygen atoms in total. The highest BCUT2D eigenvalue weighted by Gasteiger charge is 2.45. The van der Waals surface area contributed by atoms with Crippen LogP contribution in [0.2, 0.25) is 0 Å². The van der Waals surface area contributed by atoms with Crippen molar-refractivity contribution in [3.8, 4) is 22.4 Å². The Bertz CT molecular complexity index is 1310. The summed E-state index contributed by atoms with van der Waals surface area (Å²) in [7, 11) is 0. The molecule has 0 radical (unpaired) electrons. The monoisotopic (exact) mass is 362 g/mol. The normalized spacial score (nSPS) is 17.1. The van der Waals surface area contributed by atoms with E-state index in [9.17, 15) is 0 Å². The first kappa shape index (κ1) is 16.0. The van der Waals surface area contributed by atoms with Gasteiger partial charge in [0, 0.05) is 40.4 Å². The van der Waals surface area contributed by atoms with E-state index >= 15 is 0 Å². The molecule has 28 heavy (non-hydrogen) atoms. The van der Waals surface area contributed by atoms with Crippen LogP contribution < -0.4 is 0 Å². The zero-order valence-corrected chi connectivity index (χ0v) is 16.7. The summed E-state index contributed by atoms with van der Waals surface area (Å²) in [5.41, 5.74) is 10.7. The molecule has 0 bridgehead atoms. The number of nitrogens with zero attached hydrogens (tertiary/aromatic N) is 2. The summed E-state index contributed by atoms with van der Waals surface area (Å²) in [5.74, 6) is 0. The van der Waals surface area contributed by atoms with E-state index in [1.165, 1.54) is 49.7 Å². The van der Waals surface area contributed by atoms with Crippen LogP contribution in [-0.4, -0.2) is 9.97 Å². The van der Waals surface area contributed by atoms with E-state index in [0.29, 0.717) is 0 Å². The summed E-state index contributed by atoms with van der Waals surface area (Å²) in [6.45, 7) is 9.40. The van der Waals surface area contributed by atoms with E-state index in [0.717, 1.165) is 5.69 Å². The lowest BCUT2D eigenvalue weighted by Gasteiger charge is -2.26. The second-order valence-electron chi connectivity index (χ2n) is 9.15. The fourth-order valence-electron chi connectivity index (χ4n) is 5.69. The number of aromatic nitrogens is 2. The Morgan fingerprint density at radius 2 is 1.50 bits per heavy atom. The maximum atomic E-state index is 4.76. The van der Waals surface area contributed by atoms with Crippen LogP contribution in [0.25, 0.3) is 33.2 Å². The Morgan fingerprint density at radius 3 is 2.36 bits per heavy atom. The van der Waals surface area contributed by atoms with Gasteiger partial charge < -0.3 is 0 Å². The second kappa shape index (κ2) is 4.88. The Hall–Kier alpha value is -3.00. The summed E-state index contributed by atoms with van der Waals surface area (Å²) in [6.07, 6.45) is 5.80. The first-order valence-corrected chi connectivity index (χ1v) is 9.94. The first-order valence-electron chi connectivity index (χ1n) is 9.94. The smallest absolute Gasteiger partial charge is 0.0746 e. The third kappa shape index (κ3) is 1.70. The van der Waals surface area contributed by atoms with Gasteiger partial charge in [-0.15, -0.1) is 0 Å². The quantitative estimate of drug-likeness (QED) is 0.370. The van der Waals surface area contributed by atoms with E-state index < -0.39 is 0 Å². The van der Waals surface area contributed by atoms with Crippen LogP contribution in [0.3, 0.4) is 0 Å². The van der Waals surface area contributed by atoms with Crippen LogP contribution in [0.5, 0.6) is 0 Å². The third-order valence-corrected chi connectivity index (χ3v) is 6.95. The minimum atomic E-state index is -0.0604. The van der Waals surface area contributed by atoms with Gasteiger partial charge in [-0.25, -0.2) is 0 Å². The molecule has 2 heteroatoms. The molecule has 0 amide bonds. The maximum absolute atomic E-state index is 4.76. The van der Waals surface area contributed by atoms with Gasteiger partial charge in [0.25, 0.3) is 0 Å².